The van der Waals surface area contributed by atoms with Gasteiger partial charge in [0.1, 0.15) is 0 Å². The summed E-state index contributed by atoms with van der Waals surface area (Å²) in [7, 11) is 0. The summed E-state index contributed by atoms with van der Waals surface area (Å²) in [5, 5.41) is 4.67. The number of aromatic nitrogens is 1. The van der Waals surface area contributed by atoms with Gasteiger partial charge in [-0.25, -0.2) is 4.98 Å². The summed E-state index contributed by atoms with van der Waals surface area (Å²) in [6.07, 6.45) is 5.57. The lowest BCUT2D eigenvalue weighted by Crippen LogP contribution is -2.55. The van der Waals surface area contributed by atoms with Gasteiger partial charge >= 0.3 is 0 Å². The van der Waals surface area contributed by atoms with Crippen molar-refractivity contribution in [1.29, 1.82) is 0 Å². The number of halogens is 2. The fourth-order valence-corrected chi connectivity index (χ4v) is 4.04. The summed E-state index contributed by atoms with van der Waals surface area (Å²) in [6, 6.07) is 5.72. The Labute approximate surface area is 151 Å². The third-order valence-corrected chi connectivity index (χ3v) is 5.55. The molecular weight excluding hydrogens is 353 g/mol. The van der Waals surface area contributed by atoms with Gasteiger partial charge < -0.3 is 11.1 Å². The highest BCUT2D eigenvalue weighted by Crippen LogP contribution is 2.27. The maximum Gasteiger partial charge on any atom is 0.240 e. The first-order valence-corrected chi connectivity index (χ1v) is 8.88. The number of rotatable bonds is 4. The van der Waals surface area contributed by atoms with Crippen LogP contribution in [0.15, 0.2) is 18.2 Å². The summed E-state index contributed by atoms with van der Waals surface area (Å²) in [6.45, 7) is 0.575. The van der Waals surface area contributed by atoms with E-state index in [0.717, 1.165) is 47.3 Å². The first-order valence-electron chi connectivity index (χ1n) is 7.69. The van der Waals surface area contributed by atoms with Crippen LogP contribution in [0.4, 0.5) is 0 Å². The number of amides is 1. The van der Waals surface area contributed by atoms with E-state index in [1.165, 1.54) is 6.42 Å². The Balaban J connectivity index is 0.00000192. The molecule has 1 aromatic heterocycles. The number of nitrogens with one attached hydrogen (secondary N) is 1. The van der Waals surface area contributed by atoms with Crippen molar-refractivity contribution in [2.45, 2.75) is 44.1 Å². The molecule has 1 saturated carbocycles. The van der Waals surface area contributed by atoms with Crippen LogP contribution in [0.25, 0.3) is 10.2 Å². The molecule has 1 aliphatic carbocycles. The fraction of sp³-hybridized carbons (Fsp3) is 0.500. The molecule has 0 unspecified atom stereocenters. The average Bonchev–Trinajstić information content (AvgIpc) is 2.89. The fourth-order valence-electron chi connectivity index (χ4n) is 2.92. The molecule has 0 aliphatic heterocycles. The maximum absolute atomic E-state index is 12.3. The third-order valence-electron chi connectivity index (χ3n) is 4.22. The molecule has 7 heteroatoms. The number of hydrogen-bond donors (Lipinski definition) is 2. The molecular formula is C16H21Cl2N3OS. The van der Waals surface area contributed by atoms with Crippen LogP contribution in [0.3, 0.4) is 0 Å². The van der Waals surface area contributed by atoms with E-state index in [0.29, 0.717) is 11.6 Å². The molecule has 1 fully saturated rings. The van der Waals surface area contributed by atoms with Crippen molar-refractivity contribution in [1.82, 2.24) is 10.3 Å². The minimum atomic E-state index is -0.667. The maximum atomic E-state index is 12.3. The number of hydrogen-bond acceptors (Lipinski definition) is 4. The predicted octanol–water partition coefficient (Wildman–Crippen LogP) is 3.69. The van der Waals surface area contributed by atoms with Crippen LogP contribution in [0.2, 0.25) is 5.02 Å². The van der Waals surface area contributed by atoms with Crippen molar-refractivity contribution in [3.05, 3.63) is 28.2 Å². The number of carbonyl (C=O) groups excluding carboxylic acids is 1. The molecule has 0 atom stereocenters. The van der Waals surface area contributed by atoms with Gasteiger partial charge in [-0.3, -0.25) is 4.79 Å². The van der Waals surface area contributed by atoms with Crippen LogP contribution in [0.1, 0.15) is 37.1 Å². The zero-order chi connectivity index (χ0) is 15.6. The van der Waals surface area contributed by atoms with Crippen molar-refractivity contribution in [2.75, 3.05) is 6.54 Å². The van der Waals surface area contributed by atoms with E-state index in [1.807, 2.05) is 18.2 Å². The van der Waals surface area contributed by atoms with E-state index in [4.69, 9.17) is 17.3 Å². The normalized spacial score (nSPS) is 16.8. The molecule has 23 heavy (non-hydrogen) atoms. The van der Waals surface area contributed by atoms with E-state index in [1.54, 1.807) is 11.3 Å². The smallest absolute Gasteiger partial charge is 0.240 e. The van der Waals surface area contributed by atoms with Crippen molar-refractivity contribution < 1.29 is 4.79 Å². The second-order valence-corrected chi connectivity index (χ2v) is 7.49. The second kappa shape index (κ2) is 7.79. The zero-order valence-corrected chi connectivity index (χ0v) is 15.2. The van der Waals surface area contributed by atoms with Crippen molar-refractivity contribution >= 4 is 51.5 Å². The first-order chi connectivity index (χ1) is 10.6. The molecule has 0 bridgehead atoms. The Morgan fingerprint density at radius 2 is 2.09 bits per heavy atom. The molecule has 1 amide bonds. The van der Waals surface area contributed by atoms with Crippen molar-refractivity contribution in [3.63, 3.8) is 0 Å². The van der Waals surface area contributed by atoms with E-state index in [-0.39, 0.29) is 18.3 Å². The standard InChI is InChI=1S/C16H20ClN3OS.ClH/c17-11-4-5-13-12(10-11)20-14(22-13)6-9-19-15(21)16(18)7-2-1-3-8-16;/h4-5,10H,1-3,6-9,18H2,(H,19,21);1H. The Morgan fingerprint density at radius 3 is 2.83 bits per heavy atom. The number of fused-ring (bicyclic) bond motifs is 1. The van der Waals surface area contributed by atoms with Crippen LogP contribution in [0.5, 0.6) is 0 Å². The lowest BCUT2D eigenvalue weighted by Gasteiger charge is -2.31. The van der Waals surface area contributed by atoms with Gasteiger partial charge in [-0.15, -0.1) is 23.7 Å². The molecule has 2 aromatic rings. The molecule has 4 nitrogen and oxygen atoms in total. The first kappa shape index (κ1) is 18.5. The lowest BCUT2D eigenvalue weighted by molar-refractivity contribution is -0.127. The van der Waals surface area contributed by atoms with Crippen LogP contribution >= 0.6 is 35.3 Å². The minimum absolute atomic E-state index is 0. The third kappa shape index (κ3) is 4.35. The molecule has 0 radical (unpaired) electrons. The van der Waals surface area contributed by atoms with E-state index >= 15 is 0 Å². The summed E-state index contributed by atoms with van der Waals surface area (Å²) >= 11 is 7.61. The highest BCUT2D eigenvalue weighted by Gasteiger charge is 2.34. The second-order valence-electron chi connectivity index (χ2n) is 5.94. The summed E-state index contributed by atoms with van der Waals surface area (Å²) in [5.41, 5.74) is 6.47. The average molecular weight is 374 g/mol. The summed E-state index contributed by atoms with van der Waals surface area (Å²) < 4.78 is 1.12. The van der Waals surface area contributed by atoms with Gasteiger partial charge in [-0.1, -0.05) is 30.9 Å². The van der Waals surface area contributed by atoms with Crippen LogP contribution in [0, 0.1) is 0 Å². The quantitative estimate of drug-likeness (QED) is 0.858. The highest BCUT2D eigenvalue weighted by molar-refractivity contribution is 7.18. The van der Waals surface area contributed by atoms with Crippen molar-refractivity contribution in [3.8, 4) is 0 Å². The highest BCUT2D eigenvalue weighted by atomic mass is 35.5. The van der Waals surface area contributed by atoms with Gasteiger partial charge in [-0.05, 0) is 31.0 Å². The van der Waals surface area contributed by atoms with E-state index in [2.05, 4.69) is 10.3 Å². The Hall–Kier alpha value is -0.880. The Morgan fingerprint density at radius 1 is 1.35 bits per heavy atom. The lowest BCUT2D eigenvalue weighted by atomic mass is 9.82. The van der Waals surface area contributed by atoms with Crippen molar-refractivity contribution in [2.24, 2.45) is 5.73 Å². The SMILES string of the molecule is Cl.NC1(C(=O)NCCc2nc3cc(Cl)ccc3s2)CCCCC1. The minimum Gasteiger partial charge on any atom is -0.354 e. The molecule has 0 saturated heterocycles. The number of nitrogens with two attached hydrogens (primary N) is 1. The topological polar surface area (TPSA) is 68.0 Å². The Bertz CT molecular complexity index is 683. The van der Waals surface area contributed by atoms with Gasteiger partial charge in [0.15, 0.2) is 0 Å². The number of thiazole rings is 1. The van der Waals surface area contributed by atoms with Crippen LogP contribution < -0.4 is 11.1 Å². The predicted molar refractivity (Wildman–Crippen MR) is 98.6 cm³/mol. The van der Waals surface area contributed by atoms with Gasteiger partial charge in [0.25, 0.3) is 0 Å². The summed E-state index contributed by atoms with van der Waals surface area (Å²) in [5.74, 6) is -0.0173. The molecule has 1 heterocycles. The zero-order valence-electron chi connectivity index (χ0n) is 12.8. The summed E-state index contributed by atoms with van der Waals surface area (Å²) in [4.78, 5) is 16.8. The van der Waals surface area contributed by atoms with Gasteiger partial charge in [0, 0.05) is 18.0 Å². The molecule has 126 valence electrons. The molecule has 1 aliphatic rings. The van der Waals surface area contributed by atoms with Crippen LogP contribution in [-0.2, 0) is 11.2 Å². The number of carbonyl (C=O) groups is 1. The largest absolute Gasteiger partial charge is 0.354 e. The molecule has 0 spiro atoms. The molecule has 3 rings (SSSR count). The van der Waals surface area contributed by atoms with Gasteiger partial charge in [0.2, 0.25) is 5.91 Å². The van der Waals surface area contributed by atoms with Crippen LogP contribution in [-0.4, -0.2) is 23.0 Å². The van der Waals surface area contributed by atoms with E-state index in [9.17, 15) is 4.79 Å². The van der Waals surface area contributed by atoms with Gasteiger partial charge in [-0.2, -0.15) is 0 Å². The van der Waals surface area contributed by atoms with E-state index < -0.39 is 5.54 Å². The monoisotopic (exact) mass is 373 g/mol. The number of nitrogens with zero attached hydrogens (tertiary/aromatic N) is 1. The Kier molecular flexibility index (Phi) is 6.26. The number of benzene rings is 1. The molecule has 1 aromatic carbocycles. The molecule has 3 N–H and O–H groups in total. The van der Waals surface area contributed by atoms with Gasteiger partial charge in [0.05, 0.1) is 20.8 Å².